The lowest BCUT2D eigenvalue weighted by molar-refractivity contribution is -0.140. The number of ketones is 1. The SMILES string of the molecule is CCOc1ccc([C@@H]2C(=C(O)c3ccc(OC)cc3)C(=O)C(=O)N2CCCC(=O)O)cc1. The van der Waals surface area contributed by atoms with Gasteiger partial charge in [0.05, 0.1) is 25.3 Å². The summed E-state index contributed by atoms with van der Waals surface area (Å²) in [4.78, 5) is 38.0. The third-order valence-electron chi connectivity index (χ3n) is 5.20. The Morgan fingerprint density at radius 3 is 2.19 bits per heavy atom. The zero-order chi connectivity index (χ0) is 23.3. The summed E-state index contributed by atoms with van der Waals surface area (Å²) >= 11 is 0. The second kappa shape index (κ2) is 10.00. The number of methoxy groups -OCH3 is 1. The maximum atomic E-state index is 12.9. The monoisotopic (exact) mass is 439 g/mol. The van der Waals surface area contributed by atoms with Gasteiger partial charge in [-0.1, -0.05) is 12.1 Å². The second-order valence-corrected chi connectivity index (χ2v) is 7.22. The van der Waals surface area contributed by atoms with Crippen molar-refractivity contribution in [2.45, 2.75) is 25.8 Å². The molecule has 0 radical (unpaired) electrons. The van der Waals surface area contributed by atoms with E-state index in [2.05, 4.69) is 0 Å². The molecule has 1 atom stereocenters. The summed E-state index contributed by atoms with van der Waals surface area (Å²) in [5.41, 5.74) is 0.933. The molecule has 8 heteroatoms. The normalized spacial score (nSPS) is 17.4. The van der Waals surface area contributed by atoms with Crippen LogP contribution in [0.1, 0.15) is 36.9 Å². The molecule has 1 amide bonds. The van der Waals surface area contributed by atoms with Gasteiger partial charge in [0.15, 0.2) is 0 Å². The van der Waals surface area contributed by atoms with Gasteiger partial charge in [0.2, 0.25) is 0 Å². The minimum atomic E-state index is -0.988. The second-order valence-electron chi connectivity index (χ2n) is 7.22. The van der Waals surface area contributed by atoms with Crippen LogP contribution in [0.3, 0.4) is 0 Å². The molecule has 0 aromatic heterocycles. The minimum absolute atomic E-state index is 0.0420. The van der Waals surface area contributed by atoms with Crippen LogP contribution in [0.5, 0.6) is 11.5 Å². The topological polar surface area (TPSA) is 113 Å². The van der Waals surface area contributed by atoms with Gasteiger partial charge in [-0.25, -0.2) is 0 Å². The Morgan fingerprint density at radius 2 is 1.62 bits per heavy atom. The summed E-state index contributed by atoms with van der Waals surface area (Å²) in [7, 11) is 1.52. The number of hydrogen-bond donors (Lipinski definition) is 2. The molecule has 1 aliphatic heterocycles. The Balaban J connectivity index is 2.06. The molecule has 2 aromatic carbocycles. The predicted molar refractivity (Wildman–Crippen MR) is 116 cm³/mol. The van der Waals surface area contributed by atoms with Crippen molar-refractivity contribution < 1.29 is 34.1 Å². The minimum Gasteiger partial charge on any atom is -0.507 e. The number of benzene rings is 2. The van der Waals surface area contributed by atoms with Gasteiger partial charge in [-0.3, -0.25) is 14.4 Å². The fourth-order valence-corrected chi connectivity index (χ4v) is 3.68. The Kier molecular flexibility index (Phi) is 7.14. The van der Waals surface area contributed by atoms with E-state index in [0.29, 0.717) is 29.2 Å². The first-order valence-electron chi connectivity index (χ1n) is 10.2. The van der Waals surface area contributed by atoms with Crippen LogP contribution in [-0.4, -0.2) is 53.0 Å². The number of carbonyl (C=O) groups excluding carboxylic acids is 2. The first kappa shape index (κ1) is 22.9. The van der Waals surface area contributed by atoms with Gasteiger partial charge in [-0.05, 0) is 55.3 Å². The predicted octanol–water partition coefficient (Wildman–Crippen LogP) is 3.38. The van der Waals surface area contributed by atoms with Crippen LogP contribution in [0, 0.1) is 0 Å². The van der Waals surface area contributed by atoms with E-state index in [0.717, 1.165) is 0 Å². The highest BCUT2D eigenvalue weighted by Crippen LogP contribution is 2.40. The van der Waals surface area contributed by atoms with Crippen molar-refractivity contribution >= 4 is 23.4 Å². The Morgan fingerprint density at radius 1 is 1.00 bits per heavy atom. The van der Waals surface area contributed by atoms with E-state index in [1.54, 1.807) is 48.5 Å². The summed E-state index contributed by atoms with van der Waals surface area (Å²) in [5.74, 6) is -1.66. The standard InChI is InChI=1S/C24H25NO7/c1-3-32-18-12-6-15(7-13-18)21-20(22(28)16-8-10-17(31-2)11-9-16)23(29)24(30)25(21)14-4-5-19(26)27/h6-13,21,28H,3-5,14H2,1-2H3,(H,26,27)/t21-/m1/s1. The summed E-state index contributed by atoms with van der Waals surface area (Å²) in [5, 5.41) is 20.0. The van der Waals surface area contributed by atoms with Crippen molar-refractivity contribution in [3.8, 4) is 11.5 Å². The van der Waals surface area contributed by atoms with Gasteiger partial charge in [0.25, 0.3) is 11.7 Å². The molecule has 1 heterocycles. The lowest BCUT2D eigenvalue weighted by Gasteiger charge is -2.25. The van der Waals surface area contributed by atoms with Crippen LogP contribution in [-0.2, 0) is 14.4 Å². The van der Waals surface area contributed by atoms with Gasteiger partial charge in [-0.2, -0.15) is 0 Å². The molecule has 0 spiro atoms. The first-order chi connectivity index (χ1) is 15.4. The van der Waals surface area contributed by atoms with Gasteiger partial charge >= 0.3 is 5.97 Å². The van der Waals surface area contributed by atoms with Crippen LogP contribution in [0.2, 0.25) is 0 Å². The lowest BCUT2D eigenvalue weighted by Crippen LogP contribution is -2.31. The summed E-state index contributed by atoms with van der Waals surface area (Å²) in [6.45, 7) is 2.42. The van der Waals surface area contributed by atoms with Crippen molar-refractivity contribution in [2.24, 2.45) is 0 Å². The number of amides is 1. The van der Waals surface area contributed by atoms with Crippen LogP contribution < -0.4 is 9.47 Å². The van der Waals surface area contributed by atoms with Crippen molar-refractivity contribution in [2.75, 3.05) is 20.3 Å². The number of aliphatic carboxylic acids is 1. The molecule has 1 saturated heterocycles. The summed E-state index contributed by atoms with van der Waals surface area (Å²) in [6, 6.07) is 12.5. The third-order valence-corrected chi connectivity index (χ3v) is 5.20. The number of carbonyl (C=O) groups is 3. The van der Waals surface area contributed by atoms with Gasteiger partial charge in [0.1, 0.15) is 17.3 Å². The molecule has 0 saturated carbocycles. The number of hydrogen-bond acceptors (Lipinski definition) is 6. The summed E-state index contributed by atoms with van der Waals surface area (Å²) < 4.78 is 10.6. The molecule has 168 valence electrons. The Bertz CT molecular complexity index is 1030. The molecule has 1 fully saturated rings. The molecule has 3 rings (SSSR count). The average molecular weight is 439 g/mol. The van der Waals surface area contributed by atoms with Gasteiger partial charge in [-0.15, -0.1) is 0 Å². The largest absolute Gasteiger partial charge is 0.507 e. The van der Waals surface area contributed by atoms with Gasteiger partial charge < -0.3 is 24.6 Å². The van der Waals surface area contributed by atoms with Crippen LogP contribution >= 0.6 is 0 Å². The molecule has 32 heavy (non-hydrogen) atoms. The Hall–Kier alpha value is -3.81. The first-order valence-corrected chi connectivity index (χ1v) is 10.2. The number of nitrogens with zero attached hydrogens (tertiary/aromatic N) is 1. The molecular weight excluding hydrogens is 414 g/mol. The molecule has 2 N–H and O–H groups in total. The van der Waals surface area contributed by atoms with E-state index in [1.165, 1.54) is 12.0 Å². The molecule has 0 bridgehead atoms. The average Bonchev–Trinajstić information content (AvgIpc) is 3.04. The quantitative estimate of drug-likeness (QED) is 0.350. The van der Waals surface area contributed by atoms with Gasteiger partial charge in [0, 0.05) is 18.5 Å². The van der Waals surface area contributed by atoms with E-state index < -0.39 is 23.7 Å². The number of aliphatic hydroxyl groups is 1. The van der Waals surface area contributed by atoms with Crippen LogP contribution in [0.25, 0.3) is 5.76 Å². The van der Waals surface area contributed by atoms with Crippen molar-refractivity contribution in [3.63, 3.8) is 0 Å². The molecule has 2 aromatic rings. The summed E-state index contributed by atoms with van der Waals surface area (Å²) in [6.07, 6.45) is 0.0376. The molecular formula is C24H25NO7. The van der Waals surface area contributed by atoms with Crippen molar-refractivity contribution in [3.05, 3.63) is 65.2 Å². The number of ether oxygens (including phenoxy) is 2. The molecule has 0 aliphatic carbocycles. The van der Waals surface area contributed by atoms with Crippen molar-refractivity contribution in [1.82, 2.24) is 4.90 Å². The van der Waals surface area contributed by atoms with Crippen LogP contribution in [0.15, 0.2) is 54.1 Å². The van der Waals surface area contributed by atoms with E-state index in [9.17, 15) is 19.5 Å². The molecule has 1 aliphatic rings. The number of carboxylic acids is 1. The maximum Gasteiger partial charge on any atom is 0.303 e. The third kappa shape index (κ3) is 4.74. The number of likely N-dealkylation sites (tertiary alicyclic amines) is 1. The van der Waals surface area contributed by atoms with Crippen molar-refractivity contribution in [1.29, 1.82) is 0 Å². The zero-order valence-corrected chi connectivity index (χ0v) is 17.9. The number of aliphatic hydroxyl groups excluding tert-OH is 1. The Labute approximate surface area is 185 Å². The van der Waals surface area contributed by atoms with E-state index in [4.69, 9.17) is 14.6 Å². The van der Waals surface area contributed by atoms with Crippen LogP contribution in [0.4, 0.5) is 0 Å². The van der Waals surface area contributed by atoms with E-state index in [1.807, 2.05) is 6.92 Å². The molecule has 8 nitrogen and oxygen atoms in total. The number of carboxylic acid groups (broad SMARTS) is 1. The highest BCUT2D eigenvalue weighted by atomic mass is 16.5. The van der Waals surface area contributed by atoms with E-state index >= 15 is 0 Å². The van der Waals surface area contributed by atoms with E-state index in [-0.39, 0.29) is 30.7 Å². The maximum absolute atomic E-state index is 12.9. The highest BCUT2D eigenvalue weighted by molar-refractivity contribution is 6.46. The fourth-order valence-electron chi connectivity index (χ4n) is 3.68. The molecule has 0 unspecified atom stereocenters. The number of rotatable bonds is 9. The lowest BCUT2D eigenvalue weighted by atomic mass is 9.95. The fraction of sp³-hybridized carbons (Fsp3) is 0.292. The number of Topliss-reactive ketones (excluding diaryl/α,β-unsaturated/α-hetero) is 1. The smallest absolute Gasteiger partial charge is 0.303 e. The zero-order valence-electron chi connectivity index (χ0n) is 17.9. The highest BCUT2D eigenvalue weighted by Gasteiger charge is 2.45.